The average molecular weight is 307 g/mol. The van der Waals surface area contributed by atoms with Crippen molar-refractivity contribution in [1.29, 1.82) is 0 Å². The molecule has 0 spiro atoms. The number of anilines is 1. The zero-order valence-electron chi connectivity index (χ0n) is 9.97. The molecule has 0 atom stereocenters. The highest BCUT2D eigenvalue weighted by molar-refractivity contribution is 9.10. The predicted molar refractivity (Wildman–Crippen MR) is 77.6 cm³/mol. The molecule has 0 fully saturated rings. The van der Waals surface area contributed by atoms with Crippen LogP contribution in [0.1, 0.15) is 12.0 Å². The molecule has 2 rings (SSSR count). The fraction of sp³-hybridized carbons (Fsp3) is 0.214. The molecular formula is C14H15BrN2O. The summed E-state index contributed by atoms with van der Waals surface area (Å²) in [7, 11) is 0. The van der Waals surface area contributed by atoms with Crippen molar-refractivity contribution in [2.75, 3.05) is 5.73 Å². The molecule has 0 radical (unpaired) electrons. The van der Waals surface area contributed by atoms with Crippen LogP contribution in [0.4, 0.5) is 5.69 Å². The number of nitrogens with zero attached hydrogens (tertiary/aromatic N) is 1. The van der Waals surface area contributed by atoms with E-state index < -0.39 is 0 Å². The zero-order valence-corrected chi connectivity index (χ0v) is 11.6. The minimum absolute atomic E-state index is 0.0186. The summed E-state index contributed by atoms with van der Waals surface area (Å²) >= 11 is 3.24. The van der Waals surface area contributed by atoms with Gasteiger partial charge in [0.05, 0.1) is 4.47 Å². The van der Waals surface area contributed by atoms with Gasteiger partial charge >= 0.3 is 0 Å². The lowest BCUT2D eigenvalue weighted by molar-refractivity contribution is 0.620. The Balaban J connectivity index is 1.97. The molecule has 0 unspecified atom stereocenters. The largest absolute Gasteiger partial charge is 0.399 e. The molecule has 0 saturated carbocycles. The number of hydrogen-bond acceptors (Lipinski definition) is 2. The smallest absolute Gasteiger partial charge is 0.264 e. The highest BCUT2D eigenvalue weighted by Gasteiger charge is 2.00. The van der Waals surface area contributed by atoms with Crippen LogP contribution in [0.3, 0.4) is 0 Å². The van der Waals surface area contributed by atoms with Crippen LogP contribution in [0.5, 0.6) is 0 Å². The third-order valence-corrected chi connectivity index (χ3v) is 3.39. The van der Waals surface area contributed by atoms with Crippen LogP contribution in [0.25, 0.3) is 0 Å². The maximum Gasteiger partial charge on any atom is 0.264 e. The molecule has 0 saturated heterocycles. The number of halogens is 1. The van der Waals surface area contributed by atoms with Gasteiger partial charge in [0, 0.05) is 18.4 Å². The normalized spacial score (nSPS) is 10.5. The molecule has 0 aliphatic heterocycles. The third-order valence-electron chi connectivity index (χ3n) is 2.79. The van der Waals surface area contributed by atoms with E-state index in [1.165, 1.54) is 5.56 Å². The molecular weight excluding hydrogens is 292 g/mol. The zero-order chi connectivity index (χ0) is 13.0. The lowest BCUT2D eigenvalue weighted by Crippen LogP contribution is -2.19. The van der Waals surface area contributed by atoms with E-state index in [-0.39, 0.29) is 5.56 Å². The maximum absolute atomic E-state index is 11.8. The Kier molecular flexibility index (Phi) is 4.20. The first kappa shape index (κ1) is 12.9. The molecule has 0 bridgehead atoms. The van der Waals surface area contributed by atoms with Gasteiger partial charge in [-0.25, -0.2) is 0 Å². The summed E-state index contributed by atoms with van der Waals surface area (Å²) in [5.41, 5.74) is 7.73. The van der Waals surface area contributed by atoms with E-state index in [0.717, 1.165) is 18.5 Å². The number of hydrogen-bond donors (Lipinski definition) is 1. The van der Waals surface area contributed by atoms with Crippen molar-refractivity contribution in [1.82, 2.24) is 4.57 Å². The molecule has 94 valence electrons. The van der Waals surface area contributed by atoms with Crippen LogP contribution in [-0.4, -0.2) is 4.57 Å². The Hall–Kier alpha value is -1.55. The fourth-order valence-electron chi connectivity index (χ4n) is 1.89. The molecule has 0 aliphatic carbocycles. The Morgan fingerprint density at radius 3 is 2.83 bits per heavy atom. The first-order valence-electron chi connectivity index (χ1n) is 5.86. The topological polar surface area (TPSA) is 48.0 Å². The molecule has 18 heavy (non-hydrogen) atoms. The first-order chi connectivity index (χ1) is 8.66. The van der Waals surface area contributed by atoms with Gasteiger partial charge in [-0.05, 0) is 58.6 Å². The first-order valence-corrected chi connectivity index (χ1v) is 6.65. The standard InChI is InChI=1S/C14H15BrN2O/c15-13-7-3-9-17(14(13)18)8-2-5-11-4-1-6-12(16)10-11/h1,3-4,6-7,9-10H,2,5,8,16H2. The molecule has 0 amide bonds. The van der Waals surface area contributed by atoms with Gasteiger partial charge in [-0.3, -0.25) is 4.79 Å². The van der Waals surface area contributed by atoms with Crippen LogP contribution in [0.2, 0.25) is 0 Å². The fourth-order valence-corrected chi connectivity index (χ4v) is 2.27. The molecule has 1 heterocycles. The van der Waals surface area contributed by atoms with Crippen molar-refractivity contribution in [3.05, 3.63) is 63.0 Å². The van der Waals surface area contributed by atoms with Crippen molar-refractivity contribution >= 4 is 21.6 Å². The van der Waals surface area contributed by atoms with E-state index in [9.17, 15) is 4.79 Å². The minimum Gasteiger partial charge on any atom is -0.399 e. The van der Waals surface area contributed by atoms with E-state index in [4.69, 9.17) is 5.73 Å². The second-order valence-electron chi connectivity index (χ2n) is 4.20. The van der Waals surface area contributed by atoms with Gasteiger partial charge in [-0.15, -0.1) is 0 Å². The van der Waals surface area contributed by atoms with Gasteiger partial charge in [0.15, 0.2) is 0 Å². The van der Waals surface area contributed by atoms with Crippen LogP contribution < -0.4 is 11.3 Å². The third kappa shape index (κ3) is 3.23. The van der Waals surface area contributed by atoms with Gasteiger partial charge in [0.1, 0.15) is 0 Å². The van der Waals surface area contributed by atoms with Crippen LogP contribution in [0.15, 0.2) is 51.9 Å². The number of pyridine rings is 1. The number of nitrogens with two attached hydrogens (primary N) is 1. The van der Waals surface area contributed by atoms with E-state index in [2.05, 4.69) is 22.0 Å². The van der Waals surface area contributed by atoms with Crippen molar-refractivity contribution in [2.45, 2.75) is 19.4 Å². The lowest BCUT2D eigenvalue weighted by Gasteiger charge is -2.06. The monoisotopic (exact) mass is 306 g/mol. The summed E-state index contributed by atoms with van der Waals surface area (Å²) in [5.74, 6) is 0. The number of rotatable bonds is 4. The van der Waals surface area contributed by atoms with E-state index >= 15 is 0 Å². The van der Waals surface area contributed by atoms with Gasteiger partial charge < -0.3 is 10.3 Å². The summed E-state index contributed by atoms with van der Waals surface area (Å²) in [6, 6.07) is 11.5. The predicted octanol–water partition coefficient (Wildman–Crippen LogP) is 2.83. The van der Waals surface area contributed by atoms with E-state index in [1.54, 1.807) is 10.6 Å². The maximum atomic E-state index is 11.8. The molecule has 1 aromatic carbocycles. The van der Waals surface area contributed by atoms with Crippen LogP contribution in [0, 0.1) is 0 Å². The number of benzene rings is 1. The van der Waals surface area contributed by atoms with Gasteiger partial charge in [-0.1, -0.05) is 12.1 Å². The van der Waals surface area contributed by atoms with E-state index in [1.807, 2.05) is 30.5 Å². The van der Waals surface area contributed by atoms with Gasteiger partial charge in [0.25, 0.3) is 5.56 Å². The second-order valence-corrected chi connectivity index (χ2v) is 5.06. The Morgan fingerprint density at radius 2 is 2.06 bits per heavy atom. The lowest BCUT2D eigenvalue weighted by atomic mass is 10.1. The van der Waals surface area contributed by atoms with Crippen molar-refractivity contribution in [2.24, 2.45) is 0 Å². The molecule has 4 heteroatoms. The molecule has 2 aromatic rings. The molecule has 0 aliphatic rings. The summed E-state index contributed by atoms with van der Waals surface area (Å²) in [5, 5.41) is 0. The number of aryl methyl sites for hydroxylation is 2. The summed E-state index contributed by atoms with van der Waals surface area (Å²) in [4.78, 5) is 11.8. The molecule has 2 N–H and O–H groups in total. The summed E-state index contributed by atoms with van der Waals surface area (Å²) < 4.78 is 2.32. The highest BCUT2D eigenvalue weighted by atomic mass is 79.9. The quantitative estimate of drug-likeness (QED) is 0.883. The Morgan fingerprint density at radius 1 is 1.22 bits per heavy atom. The Labute approximate surface area is 114 Å². The van der Waals surface area contributed by atoms with Gasteiger partial charge in [0.2, 0.25) is 0 Å². The molecule has 1 aromatic heterocycles. The second kappa shape index (κ2) is 5.87. The Bertz CT molecular complexity index is 592. The average Bonchev–Trinajstić information content (AvgIpc) is 2.35. The minimum atomic E-state index is 0.0186. The summed E-state index contributed by atoms with van der Waals surface area (Å²) in [6.07, 6.45) is 3.65. The summed E-state index contributed by atoms with van der Waals surface area (Å²) in [6.45, 7) is 0.715. The number of nitrogen functional groups attached to an aromatic ring is 1. The van der Waals surface area contributed by atoms with Gasteiger partial charge in [-0.2, -0.15) is 0 Å². The number of aromatic nitrogens is 1. The van der Waals surface area contributed by atoms with Crippen molar-refractivity contribution < 1.29 is 0 Å². The van der Waals surface area contributed by atoms with Crippen molar-refractivity contribution in [3.63, 3.8) is 0 Å². The highest BCUT2D eigenvalue weighted by Crippen LogP contribution is 2.09. The SMILES string of the molecule is Nc1cccc(CCCn2cccc(Br)c2=O)c1. The molecule has 3 nitrogen and oxygen atoms in total. The van der Waals surface area contributed by atoms with Crippen molar-refractivity contribution in [3.8, 4) is 0 Å². The van der Waals surface area contributed by atoms with Crippen LogP contribution >= 0.6 is 15.9 Å². The van der Waals surface area contributed by atoms with E-state index in [0.29, 0.717) is 11.0 Å². The van der Waals surface area contributed by atoms with Crippen LogP contribution in [-0.2, 0) is 13.0 Å².